The molecule has 3 heterocycles. The second kappa shape index (κ2) is 13.6. The monoisotopic (exact) mass is 768 g/mol. The van der Waals surface area contributed by atoms with Gasteiger partial charge in [-0.1, -0.05) is 151 Å². The molecular formula is C53H44N4S. The summed E-state index contributed by atoms with van der Waals surface area (Å²) in [5, 5.41) is 5.06. The van der Waals surface area contributed by atoms with E-state index in [2.05, 4.69) is 167 Å². The molecule has 0 aliphatic carbocycles. The SMILES string of the molecule is CC(C)(C)c1ccc2c(c1)c1cc(C(C)(C)C)ccc1n2-c1ccc(-c2ccc3c(c2)sc2ccccc23)cc1-c1nc(-c2ccccc2)nc(-c2ccccc2)n1. The fourth-order valence-electron chi connectivity index (χ4n) is 8.14. The van der Waals surface area contributed by atoms with Crippen LogP contribution in [0.4, 0.5) is 0 Å². The summed E-state index contributed by atoms with van der Waals surface area (Å²) in [6.45, 7) is 13.7. The summed E-state index contributed by atoms with van der Waals surface area (Å²) in [7, 11) is 0. The highest BCUT2D eigenvalue weighted by Gasteiger charge is 2.24. The van der Waals surface area contributed by atoms with Gasteiger partial charge in [0.1, 0.15) is 0 Å². The van der Waals surface area contributed by atoms with Crippen molar-refractivity contribution in [3.05, 3.63) is 169 Å². The Bertz CT molecular complexity index is 3050. The molecule has 0 amide bonds. The maximum Gasteiger partial charge on any atom is 0.166 e. The third-order valence-corrected chi connectivity index (χ3v) is 12.5. The quantitative estimate of drug-likeness (QED) is 0.175. The Morgan fingerprint density at radius 2 is 0.897 bits per heavy atom. The summed E-state index contributed by atoms with van der Waals surface area (Å²) in [6, 6.07) is 56.8. The van der Waals surface area contributed by atoms with Crippen molar-refractivity contribution in [3.63, 3.8) is 0 Å². The van der Waals surface area contributed by atoms with Crippen molar-refractivity contribution in [1.82, 2.24) is 19.5 Å². The molecule has 58 heavy (non-hydrogen) atoms. The van der Waals surface area contributed by atoms with E-state index in [0.29, 0.717) is 17.5 Å². The molecule has 10 rings (SSSR count). The third kappa shape index (κ3) is 6.27. The summed E-state index contributed by atoms with van der Waals surface area (Å²) < 4.78 is 4.99. The van der Waals surface area contributed by atoms with Gasteiger partial charge in [-0.2, -0.15) is 0 Å². The van der Waals surface area contributed by atoms with E-state index in [-0.39, 0.29) is 10.8 Å². The molecule has 0 bridgehead atoms. The van der Waals surface area contributed by atoms with Gasteiger partial charge in [0.15, 0.2) is 17.5 Å². The zero-order valence-corrected chi connectivity index (χ0v) is 34.5. The Morgan fingerprint density at radius 1 is 0.397 bits per heavy atom. The molecule has 282 valence electrons. The average molecular weight is 769 g/mol. The van der Waals surface area contributed by atoms with Crippen LogP contribution < -0.4 is 0 Å². The maximum absolute atomic E-state index is 5.30. The van der Waals surface area contributed by atoms with Crippen LogP contribution in [0.1, 0.15) is 52.7 Å². The molecule has 0 fully saturated rings. The number of fused-ring (bicyclic) bond motifs is 6. The van der Waals surface area contributed by atoms with Crippen molar-refractivity contribution >= 4 is 53.3 Å². The largest absolute Gasteiger partial charge is 0.309 e. The Kier molecular flexibility index (Phi) is 8.43. The van der Waals surface area contributed by atoms with E-state index in [4.69, 9.17) is 15.0 Å². The Morgan fingerprint density at radius 3 is 1.48 bits per heavy atom. The summed E-state index contributed by atoms with van der Waals surface area (Å²) in [4.78, 5) is 15.7. The first-order valence-corrected chi connectivity index (χ1v) is 20.8. The van der Waals surface area contributed by atoms with Gasteiger partial charge < -0.3 is 4.57 Å². The summed E-state index contributed by atoms with van der Waals surface area (Å²) in [5.41, 5.74) is 11.0. The second-order valence-electron chi connectivity index (χ2n) is 17.4. The molecule has 0 radical (unpaired) electrons. The van der Waals surface area contributed by atoms with Gasteiger partial charge in [-0.3, -0.25) is 0 Å². The standard InChI is InChI=1S/C53H44N4S/c1-52(2,3)37-23-27-44-41(31-37)42-32-38(53(4,5)6)24-28-45(42)57(44)46-26-22-35(36-21-25-40-39-19-13-14-20-47(39)58-48(40)30-36)29-43(46)51-55-49(33-15-9-7-10-16-33)54-50(56-51)34-17-11-8-12-18-34/h7-32H,1-6H3. The predicted octanol–water partition coefficient (Wildman–Crippen LogP) is 14.6. The van der Waals surface area contributed by atoms with Gasteiger partial charge in [0.2, 0.25) is 0 Å². The molecular weight excluding hydrogens is 725 g/mol. The van der Waals surface area contributed by atoms with E-state index in [1.807, 2.05) is 47.7 Å². The smallest absolute Gasteiger partial charge is 0.166 e. The molecule has 10 aromatic rings. The van der Waals surface area contributed by atoms with Crippen LogP contribution in [-0.4, -0.2) is 19.5 Å². The molecule has 7 aromatic carbocycles. The van der Waals surface area contributed by atoms with Crippen LogP contribution >= 0.6 is 11.3 Å². The van der Waals surface area contributed by atoms with Crippen molar-refractivity contribution in [1.29, 1.82) is 0 Å². The Balaban J connectivity index is 1.28. The normalized spacial score (nSPS) is 12.3. The van der Waals surface area contributed by atoms with E-state index < -0.39 is 0 Å². The molecule has 3 aromatic heterocycles. The van der Waals surface area contributed by atoms with Gasteiger partial charge in [-0.15, -0.1) is 11.3 Å². The molecule has 0 spiro atoms. The van der Waals surface area contributed by atoms with Crippen molar-refractivity contribution < 1.29 is 0 Å². The second-order valence-corrected chi connectivity index (χ2v) is 18.5. The molecule has 0 aliphatic heterocycles. The predicted molar refractivity (Wildman–Crippen MR) is 246 cm³/mol. The minimum atomic E-state index is -0.000862. The van der Waals surface area contributed by atoms with Crippen LogP contribution in [0.5, 0.6) is 0 Å². The number of benzene rings is 7. The first-order valence-electron chi connectivity index (χ1n) is 20.0. The molecule has 0 N–H and O–H groups in total. The Labute approximate surface area is 343 Å². The van der Waals surface area contributed by atoms with E-state index in [1.165, 1.54) is 42.1 Å². The number of rotatable bonds is 5. The molecule has 4 nitrogen and oxygen atoms in total. The van der Waals surface area contributed by atoms with Gasteiger partial charge in [0.25, 0.3) is 0 Å². The molecule has 0 saturated heterocycles. The molecule has 0 saturated carbocycles. The van der Waals surface area contributed by atoms with Gasteiger partial charge >= 0.3 is 0 Å². The Hall–Kier alpha value is -6.43. The lowest BCUT2D eigenvalue weighted by Gasteiger charge is -2.19. The van der Waals surface area contributed by atoms with Gasteiger partial charge in [-0.05, 0) is 81.6 Å². The lowest BCUT2D eigenvalue weighted by molar-refractivity contribution is 0.590. The first-order chi connectivity index (χ1) is 28.0. The lowest BCUT2D eigenvalue weighted by Crippen LogP contribution is -2.10. The minimum Gasteiger partial charge on any atom is -0.309 e. The first kappa shape index (κ1) is 35.9. The molecule has 0 unspecified atom stereocenters. The highest BCUT2D eigenvalue weighted by molar-refractivity contribution is 7.25. The highest BCUT2D eigenvalue weighted by Crippen LogP contribution is 2.42. The third-order valence-electron chi connectivity index (χ3n) is 11.4. The highest BCUT2D eigenvalue weighted by atomic mass is 32.1. The number of hydrogen-bond donors (Lipinski definition) is 0. The van der Waals surface area contributed by atoms with E-state index in [1.54, 1.807) is 0 Å². The van der Waals surface area contributed by atoms with E-state index in [0.717, 1.165) is 44.5 Å². The van der Waals surface area contributed by atoms with Crippen molar-refractivity contribution in [2.75, 3.05) is 0 Å². The topological polar surface area (TPSA) is 43.6 Å². The number of hydrogen-bond acceptors (Lipinski definition) is 4. The van der Waals surface area contributed by atoms with Gasteiger partial charge in [0.05, 0.1) is 16.7 Å². The van der Waals surface area contributed by atoms with Gasteiger partial charge in [0, 0.05) is 47.6 Å². The van der Waals surface area contributed by atoms with Crippen molar-refractivity contribution in [2.24, 2.45) is 0 Å². The van der Waals surface area contributed by atoms with Crippen LogP contribution in [0.2, 0.25) is 0 Å². The molecule has 5 heteroatoms. The summed E-state index contributed by atoms with van der Waals surface area (Å²) in [5.74, 6) is 1.90. The van der Waals surface area contributed by atoms with Crippen LogP contribution in [0.3, 0.4) is 0 Å². The summed E-state index contributed by atoms with van der Waals surface area (Å²) >= 11 is 1.84. The lowest BCUT2D eigenvalue weighted by atomic mass is 9.85. The van der Waals surface area contributed by atoms with E-state index in [9.17, 15) is 0 Å². The van der Waals surface area contributed by atoms with Crippen molar-refractivity contribution in [2.45, 2.75) is 52.4 Å². The van der Waals surface area contributed by atoms with Crippen LogP contribution in [0, 0.1) is 0 Å². The average Bonchev–Trinajstić information content (AvgIpc) is 3.78. The fraction of sp³-hybridized carbons (Fsp3) is 0.151. The zero-order chi connectivity index (χ0) is 39.8. The number of thiophene rings is 1. The fourth-order valence-corrected chi connectivity index (χ4v) is 9.29. The number of nitrogens with zero attached hydrogens (tertiary/aromatic N) is 4. The number of aromatic nitrogens is 4. The van der Waals surface area contributed by atoms with Crippen LogP contribution in [-0.2, 0) is 10.8 Å². The molecule has 0 aliphatic rings. The maximum atomic E-state index is 5.30. The molecule has 0 atom stereocenters. The van der Waals surface area contributed by atoms with Crippen molar-refractivity contribution in [3.8, 4) is 51.0 Å². The van der Waals surface area contributed by atoms with E-state index >= 15 is 0 Å². The zero-order valence-electron chi connectivity index (χ0n) is 33.7. The minimum absolute atomic E-state index is 0.000862. The van der Waals surface area contributed by atoms with Gasteiger partial charge in [-0.25, -0.2) is 15.0 Å². The van der Waals surface area contributed by atoms with Crippen LogP contribution in [0.15, 0.2) is 158 Å². The van der Waals surface area contributed by atoms with Crippen LogP contribution in [0.25, 0.3) is 93.0 Å². The summed E-state index contributed by atoms with van der Waals surface area (Å²) in [6.07, 6.45) is 0.